The lowest BCUT2D eigenvalue weighted by Gasteiger charge is -2.10. The minimum Gasteiger partial charge on any atom is -0.455 e. The first-order chi connectivity index (χ1) is 27.7. The number of hydrogen-bond donors (Lipinski definition) is 0. The number of rotatable bonds is 6. The van der Waals surface area contributed by atoms with Crippen LogP contribution in [0.4, 0.5) is 0 Å². The van der Waals surface area contributed by atoms with Crippen molar-refractivity contribution in [3.05, 3.63) is 182 Å². The van der Waals surface area contributed by atoms with Gasteiger partial charge in [0.05, 0.1) is 5.56 Å². The van der Waals surface area contributed by atoms with Gasteiger partial charge in [-0.2, -0.15) is 0 Å². The third kappa shape index (κ3) is 5.51. The summed E-state index contributed by atoms with van der Waals surface area (Å²) in [7, 11) is 0. The van der Waals surface area contributed by atoms with E-state index in [1.165, 1.54) is 0 Å². The SMILES string of the molecule is c1ccc(-c2cccc(-c3nc(-c4cccc(-c5ccccc5)c4)nc(-c4ccc5c(c4)oc4c(-c6nc7ccc8ccccc8c7o6)cccc45)n3)c2)cc1. The molecular formula is C50H30N4O2. The lowest BCUT2D eigenvalue weighted by atomic mass is 10.0. The molecule has 0 aliphatic heterocycles. The van der Waals surface area contributed by atoms with Gasteiger partial charge < -0.3 is 8.83 Å². The highest BCUT2D eigenvalue weighted by Gasteiger charge is 2.20. The lowest BCUT2D eigenvalue weighted by molar-refractivity contribution is 0.618. The Bertz CT molecular complexity index is 3160. The van der Waals surface area contributed by atoms with Crippen LogP contribution < -0.4 is 0 Å². The van der Waals surface area contributed by atoms with Gasteiger partial charge in [0, 0.05) is 32.8 Å². The molecule has 0 aliphatic carbocycles. The van der Waals surface area contributed by atoms with Gasteiger partial charge in [0.15, 0.2) is 23.1 Å². The van der Waals surface area contributed by atoms with Crippen molar-refractivity contribution in [2.45, 2.75) is 0 Å². The molecule has 0 bridgehead atoms. The molecule has 3 heterocycles. The maximum atomic E-state index is 6.67. The molecule has 262 valence electrons. The molecule has 0 unspecified atom stereocenters. The molecule has 8 aromatic carbocycles. The maximum Gasteiger partial charge on any atom is 0.231 e. The van der Waals surface area contributed by atoms with Crippen LogP contribution in [0.25, 0.3) is 112 Å². The van der Waals surface area contributed by atoms with Crippen molar-refractivity contribution in [3.63, 3.8) is 0 Å². The van der Waals surface area contributed by atoms with Gasteiger partial charge in [-0.3, -0.25) is 0 Å². The van der Waals surface area contributed by atoms with Gasteiger partial charge in [0.1, 0.15) is 16.7 Å². The summed E-state index contributed by atoms with van der Waals surface area (Å²) >= 11 is 0. The Kier molecular flexibility index (Phi) is 7.38. The fraction of sp³-hybridized carbons (Fsp3) is 0. The molecular weight excluding hydrogens is 689 g/mol. The van der Waals surface area contributed by atoms with Crippen LogP contribution in [0.3, 0.4) is 0 Å². The van der Waals surface area contributed by atoms with Gasteiger partial charge in [-0.25, -0.2) is 19.9 Å². The van der Waals surface area contributed by atoms with Crippen molar-refractivity contribution in [3.8, 4) is 67.9 Å². The first kappa shape index (κ1) is 31.8. The van der Waals surface area contributed by atoms with E-state index < -0.39 is 0 Å². The fourth-order valence-electron chi connectivity index (χ4n) is 7.58. The minimum absolute atomic E-state index is 0.517. The van der Waals surface area contributed by atoms with E-state index in [0.29, 0.717) is 34.5 Å². The number of para-hydroxylation sites is 1. The Labute approximate surface area is 321 Å². The van der Waals surface area contributed by atoms with Crippen molar-refractivity contribution >= 4 is 43.8 Å². The molecule has 0 radical (unpaired) electrons. The molecule has 11 aromatic rings. The quantitative estimate of drug-likeness (QED) is 0.170. The van der Waals surface area contributed by atoms with E-state index >= 15 is 0 Å². The zero-order valence-corrected chi connectivity index (χ0v) is 29.9. The Morgan fingerprint density at radius 3 is 1.55 bits per heavy atom. The van der Waals surface area contributed by atoms with Crippen LogP contribution in [0.2, 0.25) is 0 Å². The maximum absolute atomic E-state index is 6.67. The van der Waals surface area contributed by atoms with Crippen molar-refractivity contribution < 1.29 is 8.83 Å². The normalized spacial score (nSPS) is 11.6. The second-order valence-electron chi connectivity index (χ2n) is 13.8. The van der Waals surface area contributed by atoms with Crippen LogP contribution >= 0.6 is 0 Å². The molecule has 0 atom stereocenters. The molecule has 56 heavy (non-hydrogen) atoms. The second-order valence-corrected chi connectivity index (χ2v) is 13.8. The Morgan fingerprint density at radius 1 is 0.321 bits per heavy atom. The number of oxazole rings is 1. The summed E-state index contributed by atoms with van der Waals surface area (Å²) in [6.07, 6.45) is 0. The number of furan rings is 1. The molecule has 0 amide bonds. The third-order valence-electron chi connectivity index (χ3n) is 10.4. The van der Waals surface area contributed by atoms with E-state index in [2.05, 4.69) is 97.1 Å². The average molecular weight is 719 g/mol. The van der Waals surface area contributed by atoms with Gasteiger partial charge in [-0.05, 0) is 64.0 Å². The van der Waals surface area contributed by atoms with E-state index in [9.17, 15) is 0 Å². The zero-order valence-electron chi connectivity index (χ0n) is 29.9. The summed E-state index contributed by atoms with van der Waals surface area (Å²) < 4.78 is 13.1. The van der Waals surface area contributed by atoms with Gasteiger partial charge in [0.2, 0.25) is 5.89 Å². The highest BCUT2D eigenvalue weighted by molar-refractivity contribution is 6.10. The monoisotopic (exact) mass is 718 g/mol. The van der Waals surface area contributed by atoms with Crippen LogP contribution in [-0.2, 0) is 0 Å². The molecule has 6 heteroatoms. The first-order valence-corrected chi connectivity index (χ1v) is 18.5. The van der Waals surface area contributed by atoms with Gasteiger partial charge in [-0.1, -0.05) is 146 Å². The van der Waals surface area contributed by atoms with Crippen LogP contribution in [0, 0.1) is 0 Å². The molecule has 0 spiro atoms. The lowest BCUT2D eigenvalue weighted by Crippen LogP contribution is -2.00. The zero-order chi connectivity index (χ0) is 37.0. The second kappa shape index (κ2) is 13.0. The number of hydrogen-bond acceptors (Lipinski definition) is 6. The van der Waals surface area contributed by atoms with Crippen molar-refractivity contribution in [2.75, 3.05) is 0 Å². The molecule has 0 aliphatic rings. The smallest absolute Gasteiger partial charge is 0.231 e. The summed E-state index contributed by atoms with van der Waals surface area (Å²) in [6, 6.07) is 61.9. The van der Waals surface area contributed by atoms with Gasteiger partial charge in [0.25, 0.3) is 0 Å². The summed E-state index contributed by atoms with van der Waals surface area (Å²) in [4.78, 5) is 20.2. The third-order valence-corrected chi connectivity index (χ3v) is 10.4. The van der Waals surface area contributed by atoms with Gasteiger partial charge in [-0.15, -0.1) is 0 Å². The molecule has 6 nitrogen and oxygen atoms in total. The van der Waals surface area contributed by atoms with E-state index in [1.54, 1.807) is 0 Å². The Morgan fingerprint density at radius 2 is 0.875 bits per heavy atom. The molecule has 0 N–H and O–H groups in total. The predicted octanol–water partition coefficient (Wildman–Crippen LogP) is 13.1. The molecule has 11 rings (SSSR count). The average Bonchev–Trinajstić information content (AvgIpc) is 3.89. The molecule has 0 fully saturated rings. The van der Waals surface area contributed by atoms with Crippen molar-refractivity contribution in [1.29, 1.82) is 0 Å². The number of benzene rings is 8. The van der Waals surface area contributed by atoms with Crippen LogP contribution in [0.1, 0.15) is 0 Å². The molecule has 0 saturated heterocycles. The topological polar surface area (TPSA) is 77.8 Å². The summed E-state index contributed by atoms with van der Waals surface area (Å²) in [6.45, 7) is 0. The van der Waals surface area contributed by atoms with Crippen LogP contribution in [0.15, 0.2) is 191 Å². The highest BCUT2D eigenvalue weighted by atomic mass is 16.4. The van der Waals surface area contributed by atoms with Crippen LogP contribution in [0.5, 0.6) is 0 Å². The first-order valence-electron chi connectivity index (χ1n) is 18.5. The number of fused-ring (bicyclic) bond motifs is 6. The van der Waals surface area contributed by atoms with E-state index in [0.717, 1.165) is 77.2 Å². The predicted molar refractivity (Wildman–Crippen MR) is 225 cm³/mol. The van der Waals surface area contributed by atoms with Crippen molar-refractivity contribution in [2.24, 2.45) is 0 Å². The summed E-state index contributed by atoms with van der Waals surface area (Å²) in [5.74, 6) is 2.24. The molecule has 3 aromatic heterocycles. The minimum atomic E-state index is 0.517. The summed E-state index contributed by atoms with van der Waals surface area (Å²) in [5, 5.41) is 4.09. The Balaban J connectivity index is 1.05. The summed E-state index contributed by atoms with van der Waals surface area (Å²) in [5.41, 5.74) is 10.8. The van der Waals surface area contributed by atoms with E-state index in [4.69, 9.17) is 28.8 Å². The number of nitrogens with zero attached hydrogens (tertiary/aromatic N) is 4. The van der Waals surface area contributed by atoms with Gasteiger partial charge >= 0.3 is 0 Å². The van der Waals surface area contributed by atoms with E-state index in [-0.39, 0.29) is 0 Å². The van der Waals surface area contributed by atoms with E-state index in [1.807, 2.05) is 84.9 Å². The highest BCUT2D eigenvalue weighted by Crippen LogP contribution is 2.39. The van der Waals surface area contributed by atoms with Crippen molar-refractivity contribution in [1.82, 2.24) is 19.9 Å². The number of aromatic nitrogens is 4. The largest absolute Gasteiger partial charge is 0.455 e. The fourth-order valence-corrected chi connectivity index (χ4v) is 7.58. The Hall–Kier alpha value is -7.70. The standard InChI is InChI=1S/C50H30N4O2/c1-3-12-31(13-4-1)34-17-9-19-36(28-34)47-52-48(37-20-10-18-35(29-37)32-14-5-2-6-15-32)54-49(53-47)38-24-26-40-41-22-11-23-42(45(41)55-44(40)30-38)50-51-43-27-25-33-16-7-8-21-39(33)46(43)56-50/h1-30H. The molecule has 0 saturated carbocycles. The van der Waals surface area contributed by atoms with Crippen LogP contribution in [-0.4, -0.2) is 19.9 Å².